The molecule has 0 unspecified atom stereocenters. The van der Waals surface area contributed by atoms with Gasteiger partial charge in [0.15, 0.2) is 57.9 Å². The Morgan fingerprint density at radius 3 is 1.26 bits per heavy atom. The molecule has 0 radical (unpaired) electrons. The Bertz CT molecular complexity index is 5350. The van der Waals surface area contributed by atoms with Crippen LogP contribution in [0.15, 0.2) is 273 Å². The van der Waals surface area contributed by atoms with E-state index in [4.69, 9.17) is 91.2 Å². The van der Waals surface area contributed by atoms with Crippen molar-refractivity contribution in [3.8, 4) is 23.1 Å². The quantitative estimate of drug-likeness (QED) is 0.00612. The van der Waals surface area contributed by atoms with Crippen molar-refractivity contribution in [2.75, 3.05) is 5.32 Å². The van der Waals surface area contributed by atoms with Crippen molar-refractivity contribution in [1.29, 1.82) is 0 Å². The molecule has 1 heterocycles. The number of carboxylic acids is 13. The lowest BCUT2D eigenvalue weighted by Gasteiger charge is -2.09. The number of nitrogens with one attached hydrogen (secondary N) is 1. The maximum atomic E-state index is 13.5. The molecule has 0 spiro atoms. The minimum absolute atomic E-state index is 0.00671. The number of ether oxygens (including phenoxy) is 4. The normalized spacial score (nSPS) is 9.68. The smallest absolute Gasteiger partial charge is 0.371 e. The van der Waals surface area contributed by atoms with Crippen LogP contribution < -0.4 is 24.3 Å². The van der Waals surface area contributed by atoms with Crippen LogP contribution in [0.2, 0.25) is 0 Å². The zero-order chi connectivity index (χ0) is 99.2. The zero-order valence-electron chi connectivity index (χ0n) is 65.2. The first-order valence-electron chi connectivity index (χ1n) is 33.5. The number of aliphatic carboxylic acids is 5. The summed E-state index contributed by atoms with van der Waals surface area (Å²) in [7, 11) is 0. The molecule has 35 nitrogen and oxygen atoms in total. The third-order valence-electron chi connectivity index (χ3n) is 14.3. The van der Waals surface area contributed by atoms with Gasteiger partial charge in [-0.2, -0.15) is 0 Å². The summed E-state index contributed by atoms with van der Waals surface area (Å²) in [5, 5.41) is 141. The molecule has 0 aliphatic carbocycles. The number of halogens is 9. The summed E-state index contributed by atoms with van der Waals surface area (Å²) in [6.07, 6.45) is 0.793. The van der Waals surface area contributed by atoms with Gasteiger partial charge in [-0.1, -0.05) is 101 Å². The third-order valence-corrected chi connectivity index (χ3v) is 15.2. The first kappa shape index (κ1) is 109. The molecule has 0 atom stereocenters. The van der Waals surface area contributed by atoms with E-state index in [1.165, 1.54) is 60.7 Å². The summed E-state index contributed by atoms with van der Waals surface area (Å²) >= 11 is 0.578. The van der Waals surface area contributed by atoms with E-state index >= 15 is 0 Å². The number of carbonyl (C=O) groups is 13. The van der Waals surface area contributed by atoms with E-state index < -0.39 is 204 Å². The fourth-order valence-electron chi connectivity index (χ4n) is 7.98. The standard InChI is InChI=1S/C12H11FO3.3C11H9FO4.C10H6F2O5.C10H8FNO4.C10H7FO4S.C9H6FNO5/c1-7(8(2)14)5-10-6-9(12(15)16)3-4-11(10)13;1-6(13)7(2)16-10-4-8(11(14)15)3-9(12)5-10;1-6(13)7(2)16-9-5-3-4-8(10(9)12)11(14)15;1-6(10(13)14)5-7-3-2-4-8(9(7)12)11(15)16;1-4(9(13)14)17-8-6(11)3-2-5(7(8)12)10(15)16;1-5(9(13)14)12-7-4-2-3-6(8(7)11)10(15)16;1-5(9(12)13)16-7-4-2-3-6(8(7)11)10(14)15;1-4(8(12)13)16-7-6(10)5(9(14)15)2-3-11-7/h3-4,6,14H,1-2,5H2,(H,15,16);2*3-5,13H,1-2H2,(H,14,15);2-4H,1,5H2,(H,13,14)(H,15,16);2-3H,1H2,(H,13,14)(H,15,16);2-4,12H,1H2,(H,13,14)(H,15,16);2-4H,1H2,(H,12,13)(H,14,15);2-3H,1H2,(H,12,13)(H,14,15). The van der Waals surface area contributed by atoms with Crippen LogP contribution in [0, 0.1) is 52.4 Å². The molecule has 17 N–H and O–H groups in total. The first-order valence-corrected chi connectivity index (χ1v) is 34.3. The molecule has 8 rings (SSSR count). The molecule has 0 aliphatic rings. The number of benzene rings is 7. The number of hydrogen-bond acceptors (Lipinski definition) is 23. The van der Waals surface area contributed by atoms with Gasteiger partial charge >= 0.3 is 77.6 Å². The van der Waals surface area contributed by atoms with Gasteiger partial charge in [-0.3, -0.25) is 0 Å². The Hall–Kier alpha value is -17.9. The van der Waals surface area contributed by atoms with Crippen molar-refractivity contribution in [2.24, 2.45) is 0 Å². The predicted molar refractivity (Wildman–Crippen MR) is 431 cm³/mol. The maximum Gasteiger partial charge on any atom is 0.371 e. The molecule has 45 heteroatoms. The van der Waals surface area contributed by atoms with Crippen molar-refractivity contribution in [1.82, 2.24) is 4.98 Å². The fourth-order valence-corrected chi connectivity index (χ4v) is 8.67. The number of aliphatic hydroxyl groups excluding tert-OH is 3. The summed E-state index contributed by atoms with van der Waals surface area (Å²) in [5.41, 5.74) is -4.25. The number of thioether (sulfide) groups is 1. The van der Waals surface area contributed by atoms with E-state index in [2.05, 4.69) is 92.1 Å². The SMILES string of the molecule is C=C(Cc1cccc(C(=O)O)c1F)C(=O)O.C=C(Nc1cccc(C(=O)O)c1F)C(=O)O.C=C(O)C(=C)Cc1cc(C(=O)O)ccc1F.C=C(O)C(=C)Oc1cc(F)cc(C(=O)O)c1.C=C(O)C(=C)Oc1cccc(C(=O)O)c1F.C=C(Oc1c(F)ccc(C(=O)O)c1F)C(=O)O.C=C(Oc1nccc(C(=O)O)c1F)C(=O)O.C=C(Sc1cccc(C(=O)O)c1F)C(=O)O. The molecular formula is C84H65F9N2O33S. The lowest BCUT2D eigenvalue weighted by molar-refractivity contribution is -0.136. The van der Waals surface area contributed by atoms with Gasteiger partial charge in [0.1, 0.15) is 51.7 Å². The number of anilines is 1. The van der Waals surface area contributed by atoms with Gasteiger partial charge in [0.05, 0.1) is 49.5 Å². The van der Waals surface area contributed by atoms with Crippen LogP contribution >= 0.6 is 11.8 Å². The molecule has 129 heavy (non-hydrogen) atoms. The van der Waals surface area contributed by atoms with Crippen LogP contribution in [0.25, 0.3) is 0 Å². The molecule has 0 saturated heterocycles. The monoisotopic (exact) mass is 1830 g/mol. The summed E-state index contributed by atoms with van der Waals surface area (Å²) in [4.78, 5) is 140. The van der Waals surface area contributed by atoms with Gasteiger partial charge in [0, 0.05) is 35.6 Å². The summed E-state index contributed by atoms with van der Waals surface area (Å²) < 4.78 is 139. The largest absolute Gasteiger partial charge is 0.508 e. The lowest BCUT2D eigenvalue weighted by Crippen LogP contribution is -2.11. The highest BCUT2D eigenvalue weighted by Gasteiger charge is 2.25. The molecular weight excluding hydrogens is 1770 g/mol. The Labute approximate surface area is 721 Å². The van der Waals surface area contributed by atoms with Crippen molar-refractivity contribution >= 4 is 95.1 Å². The highest BCUT2D eigenvalue weighted by atomic mass is 32.2. The average molecular weight is 1830 g/mol. The van der Waals surface area contributed by atoms with Crippen molar-refractivity contribution in [3.05, 3.63) is 376 Å². The average Bonchev–Trinajstić information content (AvgIpc) is 0.800. The lowest BCUT2D eigenvalue weighted by atomic mass is 10.0. The number of carboxylic acid groups (broad SMARTS) is 13. The zero-order valence-corrected chi connectivity index (χ0v) is 66.1. The topological polar surface area (TPSA) is 607 Å². The van der Waals surface area contributed by atoms with Crippen LogP contribution in [0.4, 0.5) is 45.2 Å². The number of hydrogen-bond donors (Lipinski definition) is 17. The highest BCUT2D eigenvalue weighted by molar-refractivity contribution is 8.04. The minimum Gasteiger partial charge on any atom is -0.508 e. The summed E-state index contributed by atoms with van der Waals surface area (Å²) in [6, 6.07) is 23.4. The molecule has 0 saturated carbocycles. The first-order chi connectivity index (χ1) is 59.8. The number of aliphatic hydroxyl groups is 3. The number of aromatic nitrogens is 1. The number of nitrogens with zero attached hydrogens (tertiary/aromatic N) is 1. The van der Waals surface area contributed by atoms with Gasteiger partial charge in [0.2, 0.25) is 11.5 Å². The van der Waals surface area contributed by atoms with Crippen molar-refractivity contribution < 1.29 is 202 Å². The van der Waals surface area contributed by atoms with Crippen LogP contribution in [-0.4, -0.2) is 164 Å². The number of pyridine rings is 1. The number of allylic oxidation sites excluding steroid dienone is 1. The molecule has 0 fully saturated rings. The highest BCUT2D eigenvalue weighted by Crippen LogP contribution is 2.32. The predicted octanol–water partition coefficient (Wildman–Crippen LogP) is 15.7. The van der Waals surface area contributed by atoms with Gasteiger partial charge in [-0.25, -0.2) is 107 Å². The van der Waals surface area contributed by atoms with Crippen molar-refractivity contribution in [2.45, 2.75) is 17.7 Å². The van der Waals surface area contributed by atoms with Crippen LogP contribution in [-0.2, 0) is 36.8 Å². The Balaban J connectivity index is 0.000000737. The van der Waals surface area contributed by atoms with Crippen molar-refractivity contribution in [3.63, 3.8) is 0 Å². The second kappa shape index (κ2) is 51.1. The van der Waals surface area contributed by atoms with E-state index in [-0.39, 0.29) is 90.5 Å². The summed E-state index contributed by atoms with van der Waals surface area (Å²) in [5.74, 6) is -32.8. The molecule has 0 amide bonds. The Morgan fingerprint density at radius 1 is 0.341 bits per heavy atom. The van der Waals surface area contributed by atoms with Gasteiger partial charge < -0.3 is 106 Å². The second-order valence-corrected chi connectivity index (χ2v) is 24.6. The Morgan fingerprint density at radius 2 is 0.783 bits per heavy atom. The van der Waals surface area contributed by atoms with Crippen LogP contribution in [0.3, 0.4) is 0 Å². The third kappa shape index (κ3) is 35.6. The molecule has 678 valence electrons. The maximum absolute atomic E-state index is 13.5. The fraction of sp³-hybridized carbons (Fsp3) is 0.0238. The van der Waals surface area contributed by atoms with E-state index in [1.807, 2.05) is 0 Å². The molecule has 0 aliphatic heterocycles. The Kier molecular flexibility index (Phi) is 43.2. The summed E-state index contributed by atoms with van der Waals surface area (Å²) in [6.45, 7) is 35.1. The van der Waals surface area contributed by atoms with E-state index in [0.29, 0.717) is 23.9 Å². The van der Waals surface area contributed by atoms with E-state index in [0.717, 1.165) is 60.8 Å². The molecule has 7 aromatic carbocycles. The molecule has 1 aromatic heterocycles. The van der Waals surface area contributed by atoms with Gasteiger partial charge in [0.25, 0.3) is 5.88 Å². The van der Waals surface area contributed by atoms with Gasteiger partial charge in [-0.15, -0.1) is 0 Å². The van der Waals surface area contributed by atoms with Crippen LogP contribution in [0.5, 0.6) is 23.1 Å². The van der Waals surface area contributed by atoms with E-state index in [9.17, 15) is 102 Å². The molecule has 8 aromatic rings. The number of aromatic carboxylic acids is 8. The minimum atomic E-state index is -1.63. The molecule has 0 bridgehead atoms. The van der Waals surface area contributed by atoms with Gasteiger partial charge in [-0.05, 0) is 121 Å². The van der Waals surface area contributed by atoms with Crippen LogP contribution in [0.1, 0.15) is 94.0 Å². The van der Waals surface area contributed by atoms with E-state index in [1.54, 1.807) is 0 Å². The number of rotatable bonds is 32. The second-order valence-electron chi connectivity index (χ2n) is 23.5.